The summed E-state index contributed by atoms with van der Waals surface area (Å²) in [5, 5.41) is 0. The van der Waals surface area contributed by atoms with Gasteiger partial charge in [-0.25, -0.2) is 8.42 Å². The molecule has 0 saturated carbocycles. The first-order chi connectivity index (χ1) is 15.1. The van der Waals surface area contributed by atoms with E-state index in [1.807, 2.05) is 78.9 Å². The van der Waals surface area contributed by atoms with Crippen LogP contribution in [0.1, 0.15) is 27.8 Å². The molecule has 1 heterocycles. The van der Waals surface area contributed by atoms with Crippen molar-refractivity contribution in [2.45, 2.75) is 10.4 Å². The number of nitrogens with zero attached hydrogens (tertiary/aromatic N) is 1. The molecule has 2 aliphatic rings. The van der Waals surface area contributed by atoms with Crippen LogP contribution in [-0.2, 0) is 35.0 Å². The van der Waals surface area contributed by atoms with Gasteiger partial charge in [0.1, 0.15) is 10.0 Å². The van der Waals surface area contributed by atoms with E-state index < -0.39 is 15.6 Å². The molecule has 0 amide bonds. The van der Waals surface area contributed by atoms with Crippen molar-refractivity contribution in [1.82, 2.24) is 0 Å². The summed E-state index contributed by atoms with van der Waals surface area (Å²) in [6.07, 6.45) is 0. The first-order valence-corrected chi connectivity index (χ1v) is 11.6. The van der Waals surface area contributed by atoms with Gasteiger partial charge >= 0.3 is 0 Å². The first kappa shape index (κ1) is 21.0. The Bertz CT molecular complexity index is 1460. The number of benzene rings is 4. The number of fused-ring (bicyclic) bond motifs is 4. The maximum absolute atomic E-state index is 13.3. The van der Waals surface area contributed by atoms with Gasteiger partial charge in [-0.05, 0) is 50.6 Å². The average molecular weight is 523 g/mol. The van der Waals surface area contributed by atoms with Crippen molar-refractivity contribution in [2.75, 3.05) is 0 Å². The average Bonchev–Trinajstić information content (AvgIpc) is 3.24. The van der Waals surface area contributed by atoms with Crippen LogP contribution in [0.4, 0.5) is 0 Å². The maximum atomic E-state index is 13.3. The minimum atomic E-state index is -3.80. The van der Waals surface area contributed by atoms with Crippen molar-refractivity contribution in [3.63, 3.8) is 0 Å². The summed E-state index contributed by atoms with van der Waals surface area (Å²) in [5.74, 6) is 0. The molecular weight excluding hydrogens is 505 g/mol. The maximum Gasteiger partial charge on any atom is 0.102 e. The second kappa shape index (κ2) is 7.63. The molecule has 1 aliphatic carbocycles. The Morgan fingerprint density at radius 3 is 1.81 bits per heavy atom. The molecule has 32 heavy (non-hydrogen) atoms. The third-order valence-corrected chi connectivity index (χ3v) is 7.56. The second-order valence-corrected chi connectivity index (χ2v) is 9.37. The molecule has 159 valence electrons. The normalized spacial score (nSPS) is 20.0. The standard InChI is InChI=1S/C27H18NO2S.Rh/c29-31(30)24-18-10-9-17-23(24)27(28-31)22-16-8-7-15-21(22)25(19-11-3-1-4-12-19)26(27)20-13-5-2-6-14-20;/h1-18H;/q-1;/t27-;/m1./s1. The molecule has 1 spiro atoms. The van der Waals surface area contributed by atoms with E-state index in [-0.39, 0.29) is 24.4 Å². The molecule has 5 heteroatoms. The van der Waals surface area contributed by atoms with Crippen LogP contribution >= 0.6 is 0 Å². The molecule has 1 atom stereocenters. The van der Waals surface area contributed by atoms with Crippen LogP contribution in [-0.4, -0.2) is 8.42 Å². The largest absolute Gasteiger partial charge is 0.528 e. The predicted octanol–water partition coefficient (Wildman–Crippen LogP) is 5.98. The molecule has 1 radical (unpaired) electrons. The van der Waals surface area contributed by atoms with E-state index in [0.717, 1.165) is 33.4 Å². The summed E-state index contributed by atoms with van der Waals surface area (Å²) >= 11 is 0. The zero-order chi connectivity index (χ0) is 21.1. The van der Waals surface area contributed by atoms with E-state index in [0.29, 0.717) is 5.56 Å². The quantitative estimate of drug-likeness (QED) is 0.304. The van der Waals surface area contributed by atoms with Gasteiger partial charge in [-0.2, -0.15) is 0 Å². The minimum absolute atomic E-state index is 0. The number of hydrogen-bond donors (Lipinski definition) is 0. The van der Waals surface area contributed by atoms with Gasteiger partial charge in [0.05, 0.1) is 4.90 Å². The molecule has 0 bridgehead atoms. The van der Waals surface area contributed by atoms with E-state index in [4.69, 9.17) is 0 Å². The summed E-state index contributed by atoms with van der Waals surface area (Å²) < 4.78 is 31.1. The van der Waals surface area contributed by atoms with Crippen LogP contribution in [0.3, 0.4) is 0 Å². The fourth-order valence-electron chi connectivity index (χ4n) is 4.97. The van der Waals surface area contributed by atoms with Gasteiger partial charge < -0.3 is 4.72 Å². The summed E-state index contributed by atoms with van der Waals surface area (Å²) in [5.41, 5.74) is 5.48. The molecule has 6 rings (SSSR count). The topological polar surface area (TPSA) is 48.2 Å². The monoisotopic (exact) mass is 523 g/mol. The van der Waals surface area contributed by atoms with Crippen molar-refractivity contribution >= 4 is 21.2 Å². The Balaban J connectivity index is 0.00000216. The van der Waals surface area contributed by atoms with E-state index in [9.17, 15) is 8.42 Å². The molecule has 4 aromatic carbocycles. The van der Waals surface area contributed by atoms with Gasteiger partial charge in [-0.3, -0.25) is 0 Å². The number of rotatable bonds is 2. The Hall–Kier alpha value is -2.85. The Morgan fingerprint density at radius 2 is 1.12 bits per heavy atom. The van der Waals surface area contributed by atoms with Crippen molar-refractivity contribution in [3.8, 4) is 0 Å². The molecule has 4 aromatic rings. The fraction of sp³-hybridized carbons (Fsp3) is 0.0370. The van der Waals surface area contributed by atoms with Crippen LogP contribution < -0.4 is 0 Å². The molecule has 3 nitrogen and oxygen atoms in total. The smallest absolute Gasteiger partial charge is 0.102 e. The minimum Gasteiger partial charge on any atom is -0.528 e. The van der Waals surface area contributed by atoms with Crippen LogP contribution in [0.25, 0.3) is 15.9 Å². The van der Waals surface area contributed by atoms with E-state index in [1.165, 1.54) is 0 Å². The third-order valence-electron chi connectivity index (χ3n) is 6.13. The molecule has 1 aliphatic heterocycles. The van der Waals surface area contributed by atoms with Crippen molar-refractivity contribution in [3.05, 3.63) is 142 Å². The first-order valence-electron chi connectivity index (χ1n) is 10.2. The molecule has 0 saturated heterocycles. The summed E-state index contributed by atoms with van der Waals surface area (Å²) in [4.78, 5) is 0.285. The van der Waals surface area contributed by atoms with Crippen LogP contribution in [0.5, 0.6) is 0 Å². The van der Waals surface area contributed by atoms with Gasteiger partial charge in [0.15, 0.2) is 0 Å². The Morgan fingerprint density at radius 1 is 0.594 bits per heavy atom. The molecule has 0 N–H and O–H groups in total. The van der Waals surface area contributed by atoms with Crippen LogP contribution in [0, 0.1) is 0 Å². The molecule has 0 unspecified atom stereocenters. The van der Waals surface area contributed by atoms with Gasteiger partial charge in [-0.15, -0.1) is 0 Å². The van der Waals surface area contributed by atoms with Gasteiger partial charge in [-0.1, -0.05) is 103 Å². The van der Waals surface area contributed by atoms with Gasteiger partial charge in [0, 0.05) is 19.5 Å². The Kier molecular flexibility index (Phi) is 5.01. The molecule has 0 fully saturated rings. The SMILES string of the molecule is O=S1(=O)[N-][C@@]2(C(c3ccccc3)=C(c3ccccc3)c3ccccc32)c2ccccc21.[Rh]. The fourth-order valence-corrected chi connectivity index (χ4v) is 6.46. The third kappa shape index (κ3) is 2.82. The number of sulfonamides is 1. The molecular formula is C27H18NO2RhS-. The van der Waals surface area contributed by atoms with Crippen molar-refractivity contribution in [2.24, 2.45) is 0 Å². The van der Waals surface area contributed by atoms with Gasteiger partial charge in [0.2, 0.25) is 0 Å². The van der Waals surface area contributed by atoms with Crippen LogP contribution in [0.2, 0.25) is 0 Å². The molecule has 0 aromatic heterocycles. The Labute approximate surface area is 200 Å². The zero-order valence-electron chi connectivity index (χ0n) is 16.9. The number of hydrogen-bond acceptors (Lipinski definition) is 2. The van der Waals surface area contributed by atoms with E-state index >= 15 is 0 Å². The predicted molar refractivity (Wildman–Crippen MR) is 123 cm³/mol. The van der Waals surface area contributed by atoms with Crippen LogP contribution in [0.15, 0.2) is 114 Å². The van der Waals surface area contributed by atoms with Crippen molar-refractivity contribution in [1.29, 1.82) is 0 Å². The summed E-state index contributed by atoms with van der Waals surface area (Å²) in [7, 11) is -3.80. The van der Waals surface area contributed by atoms with E-state index in [1.54, 1.807) is 12.1 Å². The zero-order valence-corrected chi connectivity index (χ0v) is 19.4. The van der Waals surface area contributed by atoms with Crippen molar-refractivity contribution < 1.29 is 27.9 Å². The second-order valence-electron chi connectivity index (χ2n) is 7.80. The summed E-state index contributed by atoms with van der Waals surface area (Å²) in [6, 6.07) is 35.4. The van der Waals surface area contributed by atoms with E-state index in [2.05, 4.69) is 22.9 Å². The summed E-state index contributed by atoms with van der Waals surface area (Å²) in [6.45, 7) is 0. The van der Waals surface area contributed by atoms with Gasteiger partial charge in [0.25, 0.3) is 0 Å².